The number of pyridine rings is 1. The number of nitrogens with zero attached hydrogens (tertiary/aromatic N) is 3. The molecule has 1 N–H and O–H groups in total. The van der Waals surface area contributed by atoms with Gasteiger partial charge >= 0.3 is 0 Å². The van der Waals surface area contributed by atoms with Gasteiger partial charge in [-0.3, -0.25) is 9.78 Å². The lowest BCUT2D eigenvalue weighted by molar-refractivity contribution is -0.118. The molecule has 2 aromatic heterocycles. The van der Waals surface area contributed by atoms with E-state index in [0.29, 0.717) is 17.7 Å². The van der Waals surface area contributed by atoms with Crippen LogP contribution in [0.15, 0.2) is 58.4 Å². The molecular formula is C17H16N4O2S. The molecule has 0 saturated carbocycles. The van der Waals surface area contributed by atoms with Crippen LogP contribution in [0, 0.1) is 6.92 Å². The standard InChI is InChI=1S/C17H16N4O2S/c1-12-5-2-3-6-13(12)10-19-15(22)11-24-17-21-20-16(23-17)14-7-4-8-18-9-14/h2-9H,10-11H2,1H3,(H,19,22). The summed E-state index contributed by atoms with van der Waals surface area (Å²) in [4.78, 5) is 16.0. The van der Waals surface area contributed by atoms with Crippen LogP contribution in [0.2, 0.25) is 0 Å². The summed E-state index contributed by atoms with van der Waals surface area (Å²) in [5.74, 6) is 0.538. The number of nitrogens with one attached hydrogen (secondary N) is 1. The molecule has 0 spiro atoms. The molecule has 0 saturated heterocycles. The molecule has 0 fully saturated rings. The van der Waals surface area contributed by atoms with Crippen molar-refractivity contribution < 1.29 is 9.21 Å². The maximum absolute atomic E-state index is 11.9. The minimum Gasteiger partial charge on any atom is -0.411 e. The van der Waals surface area contributed by atoms with E-state index < -0.39 is 0 Å². The van der Waals surface area contributed by atoms with Crippen molar-refractivity contribution in [2.45, 2.75) is 18.7 Å². The lowest BCUT2D eigenvalue weighted by atomic mass is 10.1. The van der Waals surface area contributed by atoms with E-state index in [2.05, 4.69) is 20.5 Å². The van der Waals surface area contributed by atoms with Gasteiger partial charge in [0.05, 0.1) is 11.3 Å². The Bertz CT molecular complexity index is 820. The highest BCUT2D eigenvalue weighted by Crippen LogP contribution is 2.22. The lowest BCUT2D eigenvalue weighted by Crippen LogP contribution is -2.24. The Morgan fingerprint density at radius 2 is 2.08 bits per heavy atom. The van der Waals surface area contributed by atoms with E-state index in [1.54, 1.807) is 18.5 Å². The molecule has 3 rings (SSSR count). The molecule has 1 aromatic carbocycles. The quantitative estimate of drug-likeness (QED) is 0.695. The van der Waals surface area contributed by atoms with E-state index in [1.165, 1.54) is 11.8 Å². The molecule has 0 aliphatic heterocycles. The van der Waals surface area contributed by atoms with Gasteiger partial charge in [0, 0.05) is 18.9 Å². The highest BCUT2D eigenvalue weighted by molar-refractivity contribution is 7.99. The molecule has 0 radical (unpaired) electrons. The van der Waals surface area contributed by atoms with Crippen molar-refractivity contribution in [2.24, 2.45) is 0 Å². The molecular weight excluding hydrogens is 324 g/mol. The molecule has 6 nitrogen and oxygen atoms in total. The van der Waals surface area contributed by atoms with Crippen molar-refractivity contribution in [3.05, 3.63) is 59.9 Å². The summed E-state index contributed by atoms with van der Waals surface area (Å²) >= 11 is 1.21. The summed E-state index contributed by atoms with van der Waals surface area (Å²) in [6, 6.07) is 11.6. The third-order valence-electron chi connectivity index (χ3n) is 3.38. The number of hydrogen-bond acceptors (Lipinski definition) is 6. The van der Waals surface area contributed by atoms with Gasteiger partial charge in [-0.1, -0.05) is 36.0 Å². The number of thioether (sulfide) groups is 1. The van der Waals surface area contributed by atoms with Crippen molar-refractivity contribution >= 4 is 17.7 Å². The van der Waals surface area contributed by atoms with E-state index in [0.717, 1.165) is 16.7 Å². The molecule has 1 amide bonds. The van der Waals surface area contributed by atoms with Crippen LogP contribution in [0.1, 0.15) is 11.1 Å². The van der Waals surface area contributed by atoms with Crippen molar-refractivity contribution in [3.63, 3.8) is 0 Å². The fourth-order valence-corrected chi connectivity index (χ4v) is 2.65. The Hall–Kier alpha value is -2.67. The number of benzene rings is 1. The summed E-state index contributed by atoms with van der Waals surface area (Å²) in [6.07, 6.45) is 3.32. The van der Waals surface area contributed by atoms with Gasteiger partial charge in [0.2, 0.25) is 11.8 Å². The van der Waals surface area contributed by atoms with Gasteiger partial charge in [-0.25, -0.2) is 0 Å². The minimum atomic E-state index is -0.0793. The second-order valence-electron chi connectivity index (χ2n) is 5.11. The minimum absolute atomic E-state index is 0.0793. The number of rotatable bonds is 6. The number of carbonyl (C=O) groups excluding carboxylic acids is 1. The van der Waals surface area contributed by atoms with Crippen molar-refractivity contribution in [2.75, 3.05) is 5.75 Å². The van der Waals surface area contributed by atoms with Gasteiger partial charge < -0.3 is 9.73 Å². The zero-order valence-electron chi connectivity index (χ0n) is 13.1. The van der Waals surface area contributed by atoms with E-state index in [9.17, 15) is 4.79 Å². The zero-order chi connectivity index (χ0) is 16.8. The maximum Gasteiger partial charge on any atom is 0.277 e. The van der Waals surface area contributed by atoms with Crippen LogP contribution in [0.25, 0.3) is 11.5 Å². The first-order chi connectivity index (χ1) is 11.7. The smallest absolute Gasteiger partial charge is 0.277 e. The SMILES string of the molecule is Cc1ccccc1CNC(=O)CSc1nnc(-c2cccnc2)o1. The third kappa shape index (κ3) is 4.20. The fraction of sp³-hybridized carbons (Fsp3) is 0.176. The van der Waals surface area contributed by atoms with Gasteiger partial charge in [-0.15, -0.1) is 10.2 Å². The van der Waals surface area contributed by atoms with Crippen LogP contribution in [-0.2, 0) is 11.3 Å². The van der Waals surface area contributed by atoms with Gasteiger partial charge in [0.25, 0.3) is 5.22 Å². The van der Waals surface area contributed by atoms with Crippen molar-refractivity contribution in [1.29, 1.82) is 0 Å². The second kappa shape index (κ2) is 7.74. The Morgan fingerprint density at radius 1 is 1.21 bits per heavy atom. The van der Waals surface area contributed by atoms with Crippen LogP contribution in [0.5, 0.6) is 0 Å². The van der Waals surface area contributed by atoms with Crippen molar-refractivity contribution in [1.82, 2.24) is 20.5 Å². The van der Waals surface area contributed by atoms with Crippen LogP contribution in [0.4, 0.5) is 0 Å². The van der Waals surface area contributed by atoms with Crippen LogP contribution in [-0.4, -0.2) is 26.8 Å². The van der Waals surface area contributed by atoms with Gasteiger partial charge in [-0.2, -0.15) is 0 Å². The summed E-state index contributed by atoms with van der Waals surface area (Å²) < 4.78 is 5.52. The molecule has 0 aliphatic carbocycles. The Kier molecular flexibility index (Phi) is 5.22. The second-order valence-corrected chi connectivity index (χ2v) is 6.03. The maximum atomic E-state index is 11.9. The lowest BCUT2D eigenvalue weighted by Gasteiger charge is -2.06. The number of amides is 1. The summed E-state index contributed by atoms with van der Waals surface area (Å²) in [5, 5.41) is 11.1. The molecule has 3 aromatic rings. The van der Waals surface area contributed by atoms with Crippen LogP contribution < -0.4 is 5.32 Å². The number of carbonyl (C=O) groups is 1. The largest absolute Gasteiger partial charge is 0.411 e. The predicted molar refractivity (Wildman–Crippen MR) is 91.3 cm³/mol. The number of aryl methyl sites for hydroxylation is 1. The molecule has 7 heteroatoms. The monoisotopic (exact) mass is 340 g/mol. The van der Waals surface area contributed by atoms with E-state index >= 15 is 0 Å². The van der Waals surface area contributed by atoms with Gasteiger partial charge in [-0.05, 0) is 30.2 Å². The molecule has 24 heavy (non-hydrogen) atoms. The first-order valence-corrected chi connectivity index (χ1v) is 8.39. The third-order valence-corrected chi connectivity index (χ3v) is 4.20. The molecule has 0 atom stereocenters. The predicted octanol–water partition coefficient (Wildman–Crippen LogP) is 2.85. The first-order valence-electron chi connectivity index (χ1n) is 7.40. The van der Waals surface area contributed by atoms with Gasteiger partial charge in [0.1, 0.15) is 0 Å². The van der Waals surface area contributed by atoms with E-state index in [-0.39, 0.29) is 11.7 Å². The average Bonchev–Trinajstić information content (AvgIpc) is 3.09. The van der Waals surface area contributed by atoms with E-state index in [4.69, 9.17) is 4.42 Å². The number of hydrogen-bond donors (Lipinski definition) is 1. The molecule has 0 aliphatic rings. The van der Waals surface area contributed by atoms with E-state index in [1.807, 2.05) is 37.3 Å². The Balaban J connectivity index is 1.50. The highest BCUT2D eigenvalue weighted by Gasteiger charge is 2.11. The fourth-order valence-electron chi connectivity index (χ4n) is 2.05. The topological polar surface area (TPSA) is 80.9 Å². The van der Waals surface area contributed by atoms with Crippen molar-refractivity contribution in [3.8, 4) is 11.5 Å². The number of aromatic nitrogens is 3. The van der Waals surface area contributed by atoms with Gasteiger partial charge in [0.15, 0.2) is 0 Å². The molecule has 0 unspecified atom stereocenters. The Labute approximate surface area is 143 Å². The summed E-state index contributed by atoms with van der Waals surface area (Å²) in [6.45, 7) is 2.53. The summed E-state index contributed by atoms with van der Waals surface area (Å²) in [5.41, 5.74) is 3.01. The zero-order valence-corrected chi connectivity index (χ0v) is 13.9. The molecule has 122 valence electrons. The van der Waals surface area contributed by atoms with Crippen LogP contribution in [0.3, 0.4) is 0 Å². The average molecular weight is 340 g/mol. The first kappa shape index (κ1) is 16.2. The summed E-state index contributed by atoms with van der Waals surface area (Å²) in [7, 11) is 0. The Morgan fingerprint density at radius 3 is 2.88 bits per heavy atom. The molecule has 2 heterocycles. The normalized spacial score (nSPS) is 10.5. The highest BCUT2D eigenvalue weighted by atomic mass is 32.2. The molecule has 0 bridgehead atoms. The van der Waals surface area contributed by atoms with Crippen LogP contribution >= 0.6 is 11.8 Å².